The summed E-state index contributed by atoms with van der Waals surface area (Å²) in [5.41, 5.74) is 0. The number of nitroso groups, excluding NO2 is 2. The Labute approximate surface area is 94.8 Å². The van der Waals surface area contributed by atoms with Crippen LogP contribution in [0.25, 0.3) is 0 Å². The largest absolute Gasteiger partial charge is 0.480 e. The van der Waals surface area contributed by atoms with Crippen LogP contribution in [0, 0.1) is 9.81 Å². The van der Waals surface area contributed by atoms with Crippen LogP contribution in [-0.4, -0.2) is 28.8 Å². The van der Waals surface area contributed by atoms with Crippen molar-refractivity contribution in [1.29, 1.82) is 0 Å². The smallest absolute Gasteiger partial charge is 0.327 e. The first-order valence-corrected chi connectivity index (χ1v) is 4.75. The molecular formula is C5H9N3O5S2. The maximum atomic E-state index is 10.4. The number of nitrogens with one attached hydrogen (secondary N) is 1. The lowest BCUT2D eigenvalue weighted by molar-refractivity contribution is -0.140. The van der Waals surface area contributed by atoms with Crippen molar-refractivity contribution in [2.24, 2.45) is 9.16 Å². The molecule has 15 heavy (non-hydrogen) atoms. The van der Waals surface area contributed by atoms with Crippen LogP contribution in [0.4, 0.5) is 0 Å². The molecule has 10 heteroatoms. The van der Waals surface area contributed by atoms with Gasteiger partial charge in [-0.25, -0.2) is 4.79 Å². The number of amides is 1. The van der Waals surface area contributed by atoms with Gasteiger partial charge in [0.25, 0.3) is 0 Å². The van der Waals surface area contributed by atoms with Gasteiger partial charge in [0.1, 0.15) is 6.04 Å². The van der Waals surface area contributed by atoms with E-state index in [-0.39, 0.29) is 5.75 Å². The maximum Gasteiger partial charge on any atom is 0.327 e. The summed E-state index contributed by atoms with van der Waals surface area (Å²) in [5, 5.41) is 10.6. The van der Waals surface area contributed by atoms with Crippen molar-refractivity contribution in [3.05, 3.63) is 9.81 Å². The molecule has 2 N–H and O–H groups in total. The summed E-state index contributed by atoms with van der Waals surface area (Å²) in [6.45, 7) is 1.20. The lowest BCUT2D eigenvalue weighted by Gasteiger charge is -2.09. The fraction of sp³-hybridized carbons (Fsp3) is 0.600. The Hall–Kier alpha value is -1.16. The second-order valence-electron chi connectivity index (χ2n) is 2.04. The van der Waals surface area contributed by atoms with Gasteiger partial charge in [0.05, 0.1) is 0 Å². The summed E-state index contributed by atoms with van der Waals surface area (Å²) in [5.74, 6) is -1.69. The van der Waals surface area contributed by atoms with E-state index in [9.17, 15) is 14.5 Å². The number of aliphatic carboxylic acids is 1. The van der Waals surface area contributed by atoms with Crippen LogP contribution in [0.5, 0.6) is 0 Å². The Kier molecular flexibility index (Phi) is 11.8. The number of carboxylic acids is 1. The topological polar surface area (TPSA) is 125 Å². The van der Waals surface area contributed by atoms with E-state index in [0.717, 1.165) is 0 Å². The molecule has 0 spiro atoms. The second-order valence-corrected chi connectivity index (χ2v) is 2.95. The first-order chi connectivity index (χ1) is 6.99. The Morgan fingerprint density at radius 3 is 2.27 bits per heavy atom. The molecule has 0 aromatic rings. The monoisotopic (exact) mass is 255 g/mol. The lowest BCUT2D eigenvalue weighted by atomic mass is 10.3. The van der Waals surface area contributed by atoms with Gasteiger partial charge in [-0.3, -0.25) is 4.79 Å². The van der Waals surface area contributed by atoms with Crippen LogP contribution in [-0.2, 0) is 9.59 Å². The van der Waals surface area contributed by atoms with E-state index in [2.05, 4.69) is 22.7 Å². The molecule has 1 atom stereocenters. The van der Waals surface area contributed by atoms with E-state index in [0.29, 0.717) is 11.9 Å². The van der Waals surface area contributed by atoms with Gasteiger partial charge in [-0.2, -0.15) is 0 Å². The Morgan fingerprint density at radius 2 is 2.00 bits per heavy atom. The van der Waals surface area contributed by atoms with Crippen molar-refractivity contribution in [2.75, 3.05) is 5.75 Å². The molecule has 0 saturated carbocycles. The fourth-order valence-electron chi connectivity index (χ4n) is 0.525. The first kappa shape index (κ1) is 16.3. The van der Waals surface area contributed by atoms with Crippen molar-refractivity contribution < 1.29 is 14.7 Å². The Bertz CT molecular complexity index is 237. The van der Waals surface area contributed by atoms with E-state index in [1.165, 1.54) is 6.92 Å². The quantitative estimate of drug-likeness (QED) is 0.375. The predicted molar refractivity (Wildman–Crippen MR) is 58.3 cm³/mol. The molecule has 1 amide bonds. The summed E-state index contributed by atoms with van der Waals surface area (Å²) >= 11 is 3.42. The molecule has 1 unspecified atom stereocenters. The zero-order valence-electron chi connectivity index (χ0n) is 7.61. The minimum absolute atomic E-state index is 0.0571. The minimum atomic E-state index is -1.18. The van der Waals surface area contributed by atoms with Crippen molar-refractivity contribution in [3.8, 4) is 0 Å². The summed E-state index contributed by atoms with van der Waals surface area (Å²) < 4.78 is 4.36. The van der Waals surface area contributed by atoms with Crippen molar-refractivity contribution >= 4 is 36.6 Å². The van der Waals surface area contributed by atoms with Crippen LogP contribution in [0.15, 0.2) is 9.16 Å². The molecule has 8 nitrogen and oxygen atoms in total. The van der Waals surface area contributed by atoms with Crippen molar-refractivity contribution in [3.63, 3.8) is 0 Å². The lowest BCUT2D eigenvalue weighted by Crippen LogP contribution is -2.41. The van der Waals surface area contributed by atoms with Gasteiger partial charge in [0, 0.05) is 46.6 Å². The molecule has 0 bridgehead atoms. The molecule has 86 valence electrons. The van der Waals surface area contributed by atoms with E-state index < -0.39 is 17.9 Å². The van der Waals surface area contributed by atoms with Gasteiger partial charge >= 0.3 is 5.97 Å². The second kappa shape index (κ2) is 10.9. The predicted octanol–water partition coefficient (Wildman–Crippen LogP) is 0.588. The van der Waals surface area contributed by atoms with Gasteiger partial charge in [-0.05, 0) is 0 Å². The molecule has 0 heterocycles. The molecule has 0 aliphatic heterocycles. The van der Waals surface area contributed by atoms with E-state index >= 15 is 0 Å². The first-order valence-electron chi connectivity index (χ1n) is 3.40. The Balaban J connectivity index is 0. The van der Waals surface area contributed by atoms with Crippen molar-refractivity contribution in [2.45, 2.75) is 13.0 Å². The van der Waals surface area contributed by atoms with Crippen LogP contribution < -0.4 is 5.32 Å². The molecule has 0 aromatic carbocycles. The third-order valence-corrected chi connectivity index (χ3v) is 1.56. The van der Waals surface area contributed by atoms with Gasteiger partial charge in [-0.1, -0.05) is 0 Å². The molecule has 0 saturated heterocycles. The highest BCUT2D eigenvalue weighted by Gasteiger charge is 2.18. The maximum absolute atomic E-state index is 10.4. The van der Waals surface area contributed by atoms with E-state index in [1.54, 1.807) is 0 Å². The molecule has 0 aromatic heterocycles. The summed E-state index contributed by atoms with van der Waals surface area (Å²) in [4.78, 5) is 38.8. The minimum Gasteiger partial charge on any atom is -0.480 e. The zero-order chi connectivity index (χ0) is 12.3. The zero-order valence-corrected chi connectivity index (χ0v) is 9.33. The summed E-state index contributed by atoms with van der Waals surface area (Å²) in [6, 6.07) is -1.05. The number of carbonyl (C=O) groups excluding carboxylic acids is 1. The number of rotatable bonds is 5. The molecule has 0 fully saturated rings. The number of thiol groups is 1. The third-order valence-electron chi connectivity index (χ3n) is 0.969. The summed E-state index contributed by atoms with van der Waals surface area (Å²) in [7, 11) is 0. The third kappa shape index (κ3) is 12.8. The van der Waals surface area contributed by atoms with Crippen LogP contribution in [0.3, 0.4) is 0 Å². The number of hydrogen-bond donors (Lipinski definition) is 3. The van der Waals surface area contributed by atoms with Crippen LogP contribution >= 0.6 is 24.8 Å². The average Bonchev–Trinajstić information content (AvgIpc) is 2.12. The fourth-order valence-corrected chi connectivity index (χ4v) is 0.961. The average molecular weight is 255 g/mol. The molecule has 0 aliphatic rings. The van der Waals surface area contributed by atoms with Crippen LogP contribution in [0.2, 0.25) is 0 Å². The molecule has 0 radical (unpaired) electrons. The SMILES string of the molecule is CC(=O)NC(CSN=O)C(=O)O.O=NS. The highest BCUT2D eigenvalue weighted by molar-refractivity contribution is 7.97. The normalized spacial score (nSPS) is 10.3. The van der Waals surface area contributed by atoms with Crippen molar-refractivity contribution in [1.82, 2.24) is 5.32 Å². The van der Waals surface area contributed by atoms with E-state index in [4.69, 9.17) is 10.0 Å². The molecular weight excluding hydrogens is 246 g/mol. The number of hydrogen-bond acceptors (Lipinski definition) is 7. The number of nitrogens with zero attached hydrogens (tertiary/aromatic N) is 2. The molecule has 0 rings (SSSR count). The van der Waals surface area contributed by atoms with Gasteiger partial charge in [0.15, 0.2) is 0 Å². The van der Waals surface area contributed by atoms with Gasteiger partial charge in [0.2, 0.25) is 5.91 Å². The number of carboxylic acid groups (broad SMARTS) is 1. The highest BCUT2D eigenvalue weighted by atomic mass is 32.2. The Morgan fingerprint density at radius 1 is 1.53 bits per heavy atom. The standard InChI is InChI=1S/C5H8N2O4S.HNOS/c1-3(8)6-4(5(9)10)2-12-7-11;2-1-3/h4H,2H2,1H3,(H,6,8)(H,9,10);(H,2,3). The molecule has 0 aliphatic carbocycles. The van der Waals surface area contributed by atoms with Gasteiger partial charge in [-0.15, -0.1) is 9.81 Å². The van der Waals surface area contributed by atoms with Crippen LogP contribution in [0.1, 0.15) is 6.92 Å². The number of carbonyl (C=O) groups is 2. The highest BCUT2D eigenvalue weighted by Crippen LogP contribution is 2.03. The van der Waals surface area contributed by atoms with Gasteiger partial charge < -0.3 is 10.4 Å². The van der Waals surface area contributed by atoms with E-state index in [1.807, 2.05) is 4.58 Å². The summed E-state index contributed by atoms with van der Waals surface area (Å²) in [6.07, 6.45) is 0.